The molecule has 0 unspecified atom stereocenters. The fourth-order valence-corrected chi connectivity index (χ4v) is 2.56. The first-order valence-electron chi connectivity index (χ1n) is 5.71. The second-order valence-corrected chi connectivity index (χ2v) is 5.83. The van der Waals surface area contributed by atoms with Gasteiger partial charge in [0.25, 0.3) is 0 Å². The first-order chi connectivity index (χ1) is 9.36. The molecule has 1 nitrogen and oxygen atoms in total. The molecular weight excluding hydrogens is 402 g/mol. The van der Waals surface area contributed by atoms with Crippen LogP contribution in [0.25, 0.3) is 0 Å². The molecule has 0 amide bonds. The van der Waals surface area contributed by atoms with E-state index in [1.165, 1.54) is 12.1 Å². The van der Waals surface area contributed by atoms with Crippen molar-refractivity contribution in [2.24, 2.45) is 0 Å². The van der Waals surface area contributed by atoms with E-state index in [-0.39, 0.29) is 0 Å². The topological polar surface area (TPSA) is 12.0 Å². The minimum absolute atomic E-state index is 0.415. The smallest absolute Gasteiger partial charge is 0.380 e. The van der Waals surface area contributed by atoms with Crippen molar-refractivity contribution in [3.05, 3.63) is 62.2 Å². The summed E-state index contributed by atoms with van der Waals surface area (Å²) < 4.78 is 38.3. The maximum atomic E-state index is 12.4. The largest absolute Gasteiger partial charge is 0.416 e. The molecule has 0 fully saturated rings. The van der Waals surface area contributed by atoms with E-state index in [1.807, 2.05) is 18.2 Å². The molecule has 0 spiro atoms. The predicted molar refractivity (Wildman–Crippen MR) is 82.9 cm³/mol. The summed E-state index contributed by atoms with van der Waals surface area (Å²) in [5, 5.41) is 3.68. The Morgan fingerprint density at radius 1 is 1.05 bits per heavy atom. The summed E-state index contributed by atoms with van der Waals surface area (Å²) in [5.41, 5.74) is 0.869. The Kier molecular flexibility index (Phi) is 4.80. The highest BCUT2D eigenvalue weighted by Gasteiger charge is 2.29. The van der Waals surface area contributed by atoms with E-state index in [1.54, 1.807) is 0 Å². The zero-order chi connectivity index (χ0) is 14.8. The molecule has 106 valence electrons. The van der Waals surface area contributed by atoms with E-state index in [9.17, 15) is 13.2 Å². The van der Waals surface area contributed by atoms with E-state index in [2.05, 4.69) is 27.9 Å². The van der Waals surface area contributed by atoms with Crippen LogP contribution in [0.1, 0.15) is 11.1 Å². The molecule has 1 N–H and O–H groups in total. The molecule has 2 aromatic carbocycles. The van der Waals surface area contributed by atoms with E-state index in [0.717, 1.165) is 27.0 Å². The van der Waals surface area contributed by atoms with Crippen LogP contribution in [0.4, 0.5) is 18.9 Å². The summed E-state index contributed by atoms with van der Waals surface area (Å²) in [4.78, 5) is 0. The zero-order valence-corrected chi connectivity index (χ0v) is 13.1. The van der Waals surface area contributed by atoms with Gasteiger partial charge in [-0.15, -0.1) is 0 Å². The van der Waals surface area contributed by atoms with E-state index < -0.39 is 11.7 Å². The number of rotatable bonds is 3. The average Bonchev–Trinajstić information content (AvgIpc) is 2.37. The van der Waals surface area contributed by atoms with Crippen molar-refractivity contribution >= 4 is 39.9 Å². The van der Waals surface area contributed by atoms with Crippen LogP contribution in [0.5, 0.6) is 0 Å². The molecule has 0 aliphatic rings. The highest BCUT2D eigenvalue weighted by atomic mass is 127. The Balaban J connectivity index is 2.04. The fourth-order valence-electron chi connectivity index (χ4n) is 1.64. The lowest BCUT2D eigenvalue weighted by Gasteiger charge is -2.10. The van der Waals surface area contributed by atoms with Crippen LogP contribution in [0.2, 0.25) is 5.02 Å². The van der Waals surface area contributed by atoms with Crippen molar-refractivity contribution in [2.45, 2.75) is 12.7 Å². The summed E-state index contributed by atoms with van der Waals surface area (Å²) >= 11 is 8.22. The van der Waals surface area contributed by atoms with Crippen molar-refractivity contribution in [3.63, 3.8) is 0 Å². The maximum absolute atomic E-state index is 12.4. The number of anilines is 1. The fraction of sp³-hybridized carbons (Fsp3) is 0.143. The van der Waals surface area contributed by atoms with Gasteiger partial charge in [-0.3, -0.25) is 0 Å². The molecule has 0 atom stereocenters. The van der Waals surface area contributed by atoms with Gasteiger partial charge in [0.1, 0.15) is 0 Å². The second-order valence-electron chi connectivity index (χ2n) is 4.17. The Bertz CT molecular complexity index is 596. The van der Waals surface area contributed by atoms with Crippen molar-refractivity contribution in [2.75, 3.05) is 5.32 Å². The molecule has 6 heteroatoms. The van der Waals surface area contributed by atoms with E-state index >= 15 is 0 Å². The average molecular weight is 412 g/mol. The lowest BCUT2D eigenvalue weighted by Crippen LogP contribution is -2.05. The van der Waals surface area contributed by atoms with Crippen molar-refractivity contribution in [1.29, 1.82) is 0 Å². The van der Waals surface area contributed by atoms with E-state index in [0.29, 0.717) is 11.6 Å². The highest BCUT2D eigenvalue weighted by molar-refractivity contribution is 14.1. The summed E-state index contributed by atoms with van der Waals surface area (Å²) in [6, 6.07) is 10.6. The van der Waals surface area contributed by atoms with Gasteiger partial charge in [-0.25, -0.2) is 0 Å². The van der Waals surface area contributed by atoms with Crippen LogP contribution in [0, 0.1) is 3.57 Å². The van der Waals surface area contributed by atoms with Crippen LogP contribution in [0.15, 0.2) is 42.5 Å². The van der Waals surface area contributed by atoms with Gasteiger partial charge in [0, 0.05) is 10.1 Å². The van der Waals surface area contributed by atoms with Crippen molar-refractivity contribution in [3.8, 4) is 0 Å². The maximum Gasteiger partial charge on any atom is 0.416 e. The molecule has 0 bridgehead atoms. The Labute approximate surface area is 133 Å². The first kappa shape index (κ1) is 15.4. The van der Waals surface area contributed by atoms with Crippen molar-refractivity contribution < 1.29 is 13.2 Å². The Hall–Kier alpha value is -0.950. The highest BCUT2D eigenvalue weighted by Crippen LogP contribution is 2.29. The zero-order valence-electron chi connectivity index (χ0n) is 10.1. The quantitative estimate of drug-likeness (QED) is 0.651. The molecule has 20 heavy (non-hydrogen) atoms. The van der Waals surface area contributed by atoms with Gasteiger partial charge >= 0.3 is 6.18 Å². The second kappa shape index (κ2) is 6.22. The lowest BCUT2D eigenvalue weighted by molar-refractivity contribution is -0.137. The summed E-state index contributed by atoms with van der Waals surface area (Å²) in [5.74, 6) is 0. The minimum Gasteiger partial charge on any atom is -0.380 e. The van der Waals surface area contributed by atoms with Gasteiger partial charge in [0.2, 0.25) is 0 Å². The van der Waals surface area contributed by atoms with Gasteiger partial charge < -0.3 is 5.32 Å². The molecule has 0 heterocycles. The third-order valence-corrected chi connectivity index (χ3v) is 3.68. The lowest BCUT2D eigenvalue weighted by atomic mass is 10.1. The molecule has 0 aromatic heterocycles. The molecule has 0 radical (unpaired) electrons. The molecule has 0 saturated heterocycles. The van der Waals surface area contributed by atoms with Gasteiger partial charge in [-0.05, 0) is 58.5 Å². The monoisotopic (exact) mass is 411 g/mol. The normalized spacial score (nSPS) is 11.4. The third kappa shape index (κ3) is 4.02. The molecule has 2 aromatic rings. The van der Waals surface area contributed by atoms with Crippen LogP contribution < -0.4 is 5.32 Å². The first-order valence-corrected chi connectivity index (χ1v) is 7.17. The van der Waals surface area contributed by atoms with Gasteiger partial charge in [0.05, 0.1) is 16.3 Å². The minimum atomic E-state index is -4.30. The number of benzene rings is 2. The summed E-state index contributed by atoms with van der Waals surface area (Å²) in [7, 11) is 0. The summed E-state index contributed by atoms with van der Waals surface area (Å²) in [6.07, 6.45) is -4.30. The third-order valence-electron chi connectivity index (χ3n) is 2.70. The molecule has 0 aliphatic heterocycles. The van der Waals surface area contributed by atoms with Crippen LogP contribution in [-0.4, -0.2) is 0 Å². The van der Waals surface area contributed by atoms with Crippen molar-refractivity contribution in [1.82, 2.24) is 0 Å². The Morgan fingerprint density at radius 3 is 2.25 bits per heavy atom. The standard InChI is InChI=1S/C14H10ClF3IN/c15-12-7-11(19)5-6-13(12)20-8-9-1-3-10(4-2-9)14(16,17)18/h1-7,20H,8H2. The predicted octanol–water partition coefficient (Wildman–Crippen LogP) is 5.58. The van der Waals surface area contributed by atoms with Crippen LogP contribution in [0.3, 0.4) is 0 Å². The van der Waals surface area contributed by atoms with Gasteiger partial charge in [-0.1, -0.05) is 23.7 Å². The van der Waals surface area contributed by atoms with E-state index in [4.69, 9.17) is 11.6 Å². The number of hydrogen-bond donors (Lipinski definition) is 1. The van der Waals surface area contributed by atoms with Gasteiger partial charge in [0.15, 0.2) is 0 Å². The molecule has 0 saturated carbocycles. The molecular formula is C14H10ClF3IN. The molecule has 0 aliphatic carbocycles. The molecule has 2 rings (SSSR count). The Morgan fingerprint density at radius 2 is 1.70 bits per heavy atom. The number of nitrogens with one attached hydrogen (secondary N) is 1. The number of alkyl halides is 3. The number of hydrogen-bond acceptors (Lipinski definition) is 1. The van der Waals surface area contributed by atoms with Crippen LogP contribution >= 0.6 is 34.2 Å². The van der Waals surface area contributed by atoms with Gasteiger partial charge in [-0.2, -0.15) is 13.2 Å². The SMILES string of the molecule is FC(F)(F)c1ccc(CNc2ccc(I)cc2Cl)cc1. The number of halogens is 5. The summed E-state index contributed by atoms with van der Waals surface area (Å²) in [6.45, 7) is 0.415. The van der Waals surface area contributed by atoms with Crippen LogP contribution in [-0.2, 0) is 12.7 Å².